The average Bonchev–Trinajstić information content (AvgIpc) is 2.27. The van der Waals surface area contributed by atoms with Gasteiger partial charge in [0, 0.05) is 31.1 Å². The van der Waals surface area contributed by atoms with Gasteiger partial charge in [0.15, 0.2) is 0 Å². The maximum Gasteiger partial charge on any atom is 0.225 e. The molecule has 0 bridgehead atoms. The van der Waals surface area contributed by atoms with Gasteiger partial charge in [0.1, 0.15) is 0 Å². The molecule has 1 saturated heterocycles. The van der Waals surface area contributed by atoms with Crippen LogP contribution in [-0.2, 0) is 4.79 Å². The second-order valence-corrected chi connectivity index (χ2v) is 6.01. The zero-order chi connectivity index (χ0) is 12.4. The van der Waals surface area contributed by atoms with Crippen LogP contribution in [0.4, 0.5) is 0 Å². The zero-order valence-corrected chi connectivity index (χ0v) is 11.5. The number of rotatable bonds is 3. The molecule has 2 fully saturated rings. The fourth-order valence-corrected chi connectivity index (χ4v) is 3.04. The molecule has 0 atom stereocenters. The largest absolute Gasteiger partial charge is 0.339 e. The van der Waals surface area contributed by atoms with Crippen molar-refractivity contribution in [2.45, 2.75) is 58.0 Å². The molecule has 3 heteroatoms. The van der Waals surface area contributed by atoms with Crippen molar-refractivity contribution in [2.75, 3.05) is 20.1 Å². The summed E-state index contributed by atoms with van der Waals surface area (Å²) in [6.07, 6.45) is 6.88. The Morgan fingerprint density at radius 3 is 2.24 bits per heavy atom. The van der Waals surface area contributed by atoms with Crippen molar-refractivity contribution in [1.29, 1.82) is 0 Å². The molecule has 0 unspecified atom stereocenters. The Bertz CT molecular complexity index is 265. The van der Waals surface area contributed by atoms with Crippen LogP contribution in [0.15, 0.2) is 0 Å². The molecule has 0 N–H and O–H groups in total. The number of hydrogen-bond donors (Lipinski definition) is 0. The topological polar surface area (TPSA) is 23.6 Å². The molecule has 1 amide bonds. The van der Waals surface area contributed by atoms with E-state index in [-0.39, 0.29) is 5.92 Å². The van der Waals surface area contributed by atoms with Gasteiger partial charge in [-0.2, -0.15) is 0 Å². The number of hydrogen-bond acceptors (Lipinski definition) is 2. The third-order valence-corrected chi connectivity index (χ3v) is 4.39. The molecule has 3 nitrogen and oxygen atoms in total. The highest BCUT2D eigenvalue weighted by molar-refractivity contribution is 5.79. The van der Waals surface area contributed by atoms with Gasteiger partial charge in [0.05, 0.1) is 0 Å². The summed E-state index contributed by atoms with van der Waals surface area (Å²) in [5.74, 6) is 0.467. The Hall–Kier alpha value is -0.570. The molecule has 0 aromatic heterocycles. The monoisotopic (exact) mass is 238 g/mol. The first-order valence-electron chi connectivity index (χ1n) is 7.10. The van der Waals surface area contributed by atoms with Crippen molar-refractivity contribution in [3.05, 3.63) is 0 Å². The lowest BCUT2D eigenvalue weighted by Gasteiger charge is -2.48. The molecule has 0 spiro atoms. The molecule has 1 heterocycles. The first-order chi connectivity index (χ1) is 8.09. The highest BCUT2D eigenvalue weighted by Crippen LogP contribution is 2.26. The van der Waals surface area contributed by atoms with Gasteiger partial charge in [-0.3, -0.25) is 9.69 Å². The van der Waals surface area contributed by atoms with Crippen molar-refractivity contribution in [3.63, 3.8) is 0 Å². The van der Waals surface area contributed by atoms with Crippen LogP contribution in [0.1, 0.15) is 46.0 Å². The maximum absolute atomic E-state index is 11.8. The van der Waals surface area contributed by atoms with Crippen molar-refractivity contribution in [1.82, 2.24) is 9.80 Å². The number of amides is 1. The standard InChI is InChI=1S/C14H26N2O/c1-11(2)14(17)16-9-13(10-16)15(3)12-7-5-4-6-8-12/h11-13H,4-10H2,1-3H3. The Kier molecular flexibility index (Phi) is 4.08. The van der Waals surface area contributed by atoms with Gasteiger partial charge in [-0.25, -0.2) is 0 Å². The molecule has 0 aromatic carbocycles. The highest BCUT2D eigenvalue weighted by atomic mass is 16.2. The molecule has 1 saturated carbocycles. The number of carbonyl (C=O) groups is 1. The predicted octanol–water partition coefficient (Wildman–Crippen LogP) is 2.12. The molecule has 0 aromatic rings. The summed E-state index contributed by atoms with van der Waals surface area (Å²) in [5, 5.41) is 0. The number of carbonyl (C=O) groups excluding carboxylic acids is 1. The van der Waals surface area contributed by atoms with E-state index in [9.17, 15) is 4.79 Å². The van der Waals surface area contributed by atoms with E-state index in [0.717, 1.165) is 19.1 Å². The summed E-state index contributed by atoms with van der Waals surface area (Å²) in [6, 6.07) is 1.38. The van der Waals surface area contributed by atoms with Gasteiger partial charge in [0.25, 0.3) is 0 Å². The third-order valence-electron chi connectivity index (χ3n) is 4.39. The summed E-state index contributed by atoms with van der Waals surface area (Å²) in [7, 11) is 2.25. The van der Waals surface area contributed by atoms with Gasteiger partial charge < -0.3 is 4.90 Å². The zero-order valence-electron chi connectivity index (χ0n) is 11.5. The third kappa shape index (κ3) is 2.82. The van der Waals surface area contributed by atoms with Crippen LogP contribution in [0.2, 0.25) is 0 Å². The van der Waals surface area contributed by atoms with Crippen LogP contribution in [-0.4, -0.2) is 47.9 Å². The van der Waals surface area contributed by atoms with Crippen LogP contribution in [0, 0.1) is 5.92 Å². The Balaban J connectivity index is 1.76. The summed E-state index contributed by atoms with van der Waals surface area (Å²) >= 11 is 0. The number of likely N-dealkylation sites (N-methyl/N-ethyl adjacent to an activating group) is 1. The van der Waals surface area contributed by atoms with Crippen molar-refractivity contribution < 1.29 is 4.79 Å². The molecule has 0 radical (unpaired) electrons. The van der Waals surface area contributed by atoms with Crippen molar-refractivity contribution in [2.24, 2.45) is 5.92 Å². The van der Waals surface area contributed by atoms with E-state index < -0.39 is 0 Å². The average molecular weight is 238 g/mol. The molecular weight excluding hydrogens is 212 g/mol. The molecule has 2 rings (SSSR count). The highest BCUT2D eigenvalue weighted by Gasteiger charge is 2.36. The lowest BCUT2D eigenvalue weighted by molar-refractivity contribution is -0.142. The van der Waals surface area contributed by atoms with E-state index in [2.05, 4.69) is 11.9 Å². The Morgan fingerprint density at radius 1 is 1.12 bits per heavy atom. The number of likely N-dealkylation sites (tertiary alicyclic amines) is 1. The van der Waals surface area contributed by atoms with E-state index in [4.69, 9.17) is 0 Å². The summed E-state index contributed by atoms with van der Waals surface area (Å²) in [4.78, 5) is 16.3. The van der Waals surface area contributed by atoms with Crippen LogP contribution < -0.4 is 0 Å². The quantitative estimate of drug-likeness (QED) is 0.752. The Morgan fingerprint density at radius 2 is 1.71 bits per heavy atom. The molecule has 2 aliphatic rings. The number of nitrogens with zero attached hydrogens (tertiary/aromatic N) is 2. The van der Waals surface area contributed by atoms with Gasteiger partial charge >= 0.3 is 0 Å². The maximum atomic E-state index is 11.8. The van der Waals surface area contributed by atoms with Crippen LogP contribution in [0.25, 0.3) is 0 Å². The van der Waals surface area contributed by atoms with E-state index in [1.165, 1.54) is 32.1 Å². The van der Waals surface area contributed by atoms with Gasteiger partial charge in [0.2, 0.25) is 5.91 Å². The predicted molar refractivity (Wildman–Crippen MR) is 69.8 cm³/mol. The summed E-state index contributed by atoms with van der Waals surface area (Å²) in [6.45, 7) is 5.87. The molecule has 1 aliphatic carbocycles. The fraction of sp³-hybridized carbons (Fsp3) is 0.929. The van der Waals surface area contributed by atoms with Crippen LogP contribution in [0.5, 0.6) is 0 Å². The van der Waals surface area contributed by atoms with E-state index in [0.29, 0.717) is 11.9 Å². The molecule has 17 heavy (non-hydrogen) atoms. The smallest absolute Gasteiger partial charge is 0.225 e. The minimum atomic E-state index is 0.149. The minimum absolute atomic E-state index is 0.149. The van der Waals surface area contributed by atoms with Gasteiger partial charge in [-0.15, -0.1) is 0 Å². The normalized spacial score (nSPS) is 23.2. The van der Waals surface area contributed by atoms with E-state index in [1.807, 2.05) is 18.7 Å². The lowest BCUT2D eigenvalue weighted by atomic mass is 9.92. The lowest BCUT2D eigenvalue weighted by Crippen LogP contribution is -2.62. The fourth-order valence-electron chi connectivity index (χ4n) is 3.04. The van der Waals surface area contributed by atoms with Gasteiger partial charge in [-0.05, 0) is 19.9 Å². The van der Waals surface area contributed by atoms with Crippen LogP contribution >= 0.6 is 0 Å². The van der Waals surface area contributed by atoms with Crippen molar-refractivity contribution >= 4 is 5.91 Å². The van der Waals surface area contributed by atoms with Gasteiger partial charge in [-0.1, -0.05) is 33.1 Å². The molecular formula is C14H26N2O. The second kappa shape index (κ2) is 5.38. The SMILES string of the molecule is CC(C)C(=O)N1CC(N(C)C2CCCCC2)C1. The Labute approximate surface area is 105 Å². The second-order valence-electron chi connectivity index (χ2n) is 6.01. The molecule has 1 aliphatic heterocycles. The summed E-state index contributed by atoms with van der Waals surface area (Å²) in [5.41, 5.74) is 0. The molecule has 98 valence electrons. The summed E-state index contributed by atoms with van der Waals surface area (Å²) < 4.78 is 0. The first kappa shape index (κ1) is 12.9. The van der Waals surface area contributed by atoms with Crippen LogP contribution in [0.3, 0.4) is 0 Å². The van der Waals surface area contributed by atoms with E-state index in [1.54, 1.807) is 0 Å². The van der Waals surface area contributed by atoms with Crippen molar-refractivity contribution in [3.8, 4) is 0 Å². The van der Waals surface area contributed by atoms with E-state index >= 15 is 0 Å². The minimum Gasteiger partial charge on any atom is -0.339 e. The first-order valence-corrected chi connectivity index (χ1v) is 7.10.